The van der Waals surface area contributed by atoms with Crippen LogP contribution in [0.4, 0.5) is 5.69 Å². The minimum Gasteiger partial charge on any atom is -0.355 e. The average Bonchev–Trinajstić information content (AvgIpc) is 3.05. The maximum Gasteiger partial charge on any atom is 0.232 e. The van der Waals surface area contributed by atoms with Gasteiger partial charge in [0.15, 0.2) is 0 Å². The van der Waals surface area contributed by atoms with E-state index in [9.17, 15) is 9.59 Å². The fourth-order valence-corrected chi connectivity index (χ4v) is 3.18. The Morgan fingerprint density at radius 1 is 1.23 bits per heavy atom. The number of carbonyl (C=O) groups is 2. The van der Waals surface area contributed by atoms with Crippen LogP contribution in [0, 0.1) is 5.41 Å². The van der Waals surface area contributed by atoms with E-state index in [-0.39, 0.29) is 11.8 Å². The van der Waals surface area contributed by atoms with Crippen molar-refractivity contribution in [3.8, 4) is 11.1 Å². The van der Waals surface area contributed by atoms with Gasteiger partial charge in [-0.2, -0.15) is 11.3 Å². The smallest absolute Gasteiger partial charge is 0.232 e. The summed E-state index contributed by atoms with van der Waals surface area (Å²) in [6.45, 7) is 2.28. The average molecular weight is 314 g/mol. The van der Waals surface area contributed by atoms with E-state index in [2.05, 4.69) is 22.1 Å². The van der Waals surface area contributed by atoms with E-state index in [0.717, 1.165) is 11.3 Å². The van der Waals surface area contributed by atoms with Gasteiger partial charge in [-0.25, -0.2) is 0 Å². The van der Waals surface area contributed by atoms with Crippen LogP contribution in [0.1, 0.15) is 19.8 Å². The molecule has 0 saturated carbocycles. The molecule has 1 saturated heterocycles. The summed E-state index contributed by atoms with van der Waals surface area (Å²) in [5.74, 6) is -0.0267. The lowest BCUT2D eigenvalue weighted by atomic mass is 9.81. The van der Waals surface area contributed by atoms with Crippen molar-refractivity contribution in [2.24, 2.45) is 5.41 Å². The Labute approximate surface area is 133 Å². The summed E-state index contributed by atoms with van der Waals surface area (Å²) in [4.78, 5) is 23.7. The molecule has 2 heterocycles. The molecule has 5 heteroatoms. The van der Waals surface area contributed by atoms with Crippen molar-refractivity contribution in [3.05, 3.63) is 41.1 Å². The number of amides is 2. The summed E-state index contributed by atoms with van der Waals surface area (Å²) in [5.41, 5.74) is 2.56. The van der Waals surface area contributed by atoms with Crippen LogP contribution in [0.25, 0.3) is 11.1 Å². The van der Waals surface area contributed by atoms with E-state index < -0.39 is 5.41 Å². The topological polar surface area (TPSA) is 58.2 Å². The predicted molar refractivity (Wildman–Crippen MR) is 88.7 cm³/mol. The van der Waals surface area contributed by atoms with Gasteiger partial charge in [0.1, 0.15) is 0 Å². The summed E-state index contributed by atoms with van der Waals surface area (Å²) in [7, 11) is 0. The van der Waals surface area contributed by atoms with Gasteiger partial charge in [-0.05, 0) is 53.4 Å². The fourth-order valence-electron chi connectivity index (χ4n) is 2.51. The first-order valence-corrected chi connectivity index (χ1v) is 8.22. The maximum atomic E-state index is 12.4. The van der Waals surface area contributed by atoms with E-state index in [1.807, 2.05) is 36.6 Å². The van der Waals surface area contributed by atoms with Crippen molar-refractivity contribution < 1.29 is 9.59 Å². The third-order valence-electron chi connectivity index (χ3n) is 4.13. The van der Waals surface area contributed by atoms with Crippen LogP contribution in [0.5, 0.6) is 0 Å². The van der Waals surface area contributed by atoms with Crippen molar-refractivity contribution >= 4 is 28.8 Å². The molecule has 2 N–H and O–H groups in total. The van der Waals surface area contributed by atoms with Gasteiger partial charge in [-0.1, -0.05) is 12.1 Å². The molecular formula is C17H18N2O2S. The molecule has 1 aromatic heterocycles. The van der Waals surface area contributed by atoms with E-state index >= 15 is 0 Å². The Morgan fingerprint density at radius 3 is 2.59 bits per heavy atom. The lowest BCUT2D eigenvalue weighted by molar-refractivity contribution is -0.130. The monoisotopic (exact) mass is 314 g/mol. The Morgan fingerprint density at radius 2 is 2.00 bits per heavy atom. The van der Waals surface area contributed by atoms with E-state index in [1.54, 1.807) is 11.3 Å². The predicted octanol–water partition coefficient (Wildman–Crippen LogP) is 3.27. The van der Waals surface area contributed by atoms with Gasteiger partial charge in [0.05, 0.1) is 5.41 Å². The summed E-state index contributed by atoms with van der Waals surface area (Å²) in [6, 6.07) is 9.90. The van der Waals surface area contributed by atoms with Crippen molar-refractivity contribution in [2.75, 3.05) is 11.9 Å². The van der Waals surface area contributed by atoms with Crippen LogP contribution >= 0.6 is 11.3 Å². The first-order chi connectivity index (χ1) is 10.6. The zero-order chi connectivity index (χ0) is 15.6. The molecule has 2 aromatic rings. The van der Waals surface area contributed by atoms with Gasteiger partial charge in [-0.3, -0.25) is 9.59 Å². The normalized spacial score (nSPS) is 21.2. The maximum absolute atomic E-state index is 12.4. The number of thiophene rings is 1. The van der Waals surface area contributed by atoms with Crippen LogP contribution in [0.2, 0.25) is 0 Å². The Hall–Kier alpha value is -2.14. The number of rotatable bonds is 3. The highest BCUT2D eigenvalue weighted by molar-refractivity contribution is 7.08. The molecule has 1 fully saturated rings. The lowest BCUT2D eigenvalue weighted by Crippen LogP contribution is -2.48. The highest BCUT2D eigenvalue weighted by Gasteiger charge is 2.37. The molecule has 1 aliphatic heterocycles. The fraction of sp³-hybridized carbons (Fsp3) is 0.294. The zero-order valence-electron chi connectivity index (χ0n) is 12.4. The lowest BCUT2D eigenvalue weighted by Gasteiger charge is -2.32. The third kappa shape index (κ3) is 3.04. The molecule has 4 nitrogen and oxygen atoms in total. The molecule has 0 aliphatic carbocycles. The van der Waals surface area contributed by atoms with E-state index in [4.69, 9.17) is 0 Å². The second-order valence-corrected chi connectivity index (χ2v) is 6.66. The van der Waals surface area contributed by atoms with Crippen LogP contribution in [-0.4, -0.2) is 18.4 Å². The Kier molecular flexibility index (Phi) is 3.98. The minimum atomic E-state index is -0.542. The quantitative estimate of drug-likeness (QED) is 0.913. The van der Waals surface area contributed by atoms with Crippen molar-refractivity contribution in [1.29, 1.82) is 0 Å². The Balaban J connectivity index is 1.68. The van der Waals surface area contributed by atoms with E-state index in [0.29, 0.717) is 19.4 Å². The van der Waals surface area contributed by atoms with Crippen molar-refractivity contribution in [1.82, 2.24) is 5.32 Å². The molecular weight excluding hydrogens is 296 g/mol. The molecule has 0 bridgehead atoms. The Bertz CT molecular complexity index is 667. The van der Waals surface area contributed by atoms with E-state index in [1.165, 1.54) is 5.56 Å². The van der Waals surface area contributed by atoms with Gasteiger partial charge in [-0.15, -0.1) is 0 Å². The highest BCUT2D eigenvalue weighted by Crippen LogP contribution is 2.28. The first-order valence-electron chi connectivity index (χ1n) is 7.28. The number of anilines is 1. The standard InChI is InChI=1S/C17H18N2O2S/c1-17(8-6-15(20)18-11-17)16(21)19-14-4-2-12(3-5-14)13-7-9-22-10-13/h2-5,7,9-10H,6,8,11H2,1H3,(H,18,20)(H,19,21)/t17-/m0/s1. The molecule has 1 aliphatic rings. The number of carbonyl (C=O) groups excluding carboxylic acids is 2. The van der Waals surface area contributed by atoms with Crippen LogP contribution in [-0.2, 0) is 9.59 Å². The number of hydrogen-bond donors (Lipinski definition) is 2. The van der Waals surface area contributed by atoms with Gasteiger partial charge in [0.25, 0.3) is 0 Å². The van der Waals surface area contributed by atoms with Gasteiger partial charge in [0.2, 0.25) is 11.8 Å². The van der Waals surface area contributed by atoms with Crippen molar-refractivity contribution in [3.63, 3.8) is 0 Å². The minimum absolute atomic E-state index is 0.0189. The molecule has 3 rings (SSSR count). The van der Waals surface area contributed by atoms with Gasteiger partial charge >= 0.3 is 0 Å². The highest BCUT2D eigenvalue weighted by atomic mass is 32.1. The third-order valence-corrected chi connectivity index (χ3v) is 4.81. The number of piperidine rings is 1. The van der Waals surface area contributed by atoms with Crippen molar-refractivity contribution in [2.45, 2.75) is 19.8 Å². The number of hydrogen-bond acceptors (Lipinski definition) is 3. The second kappa shape index (κ2) is 5.93. The van der Waals surface area contributed by atoms with Crippen LogP contribution < -0.4 is 10.6 Å². The van der Waals surface area contributed by atoms with Crippen LogP contribution in [0.15, 0.2) is 41.1 Å². The molecule has 1 aromatic carbocycles. The summed E-state index contributed by atoms with van der Waals surface area (Å²) in [5, 5.41) is 9.86. The van der Waals surface area contributed by atoms with Gasteiger partial charge < -0.3 is 10.6 Å². The summed E-state index contributed by atoms with van der Waals surface area (Å²) >= 11 is 1.66. The molecule has 114 valence electrons. The van der Waals surface area contributed by atoms with Gasteiger partial charge in [0, 0.05) is 18.7 Å². The molecule has 0 unspecified atom stereocenters. The second-order valence-electron chi connectivity index (χ2n) is 5.88. The van der Waals surface area contributed by atoms with Crippen LogP contribution in [0.3, 0.4) is 0 Å². The largest absolute Gasteiger partial charge is 0.355 e. The first kappa shape index (κ1) is 14.8. The summed E-state index contributed by atoms with van der Waals surface area (Å²) < 4.78 is 0. The SMILES string of the molecule is C[C@]1(C(=O)Nc2ccc(-c3ccsc3)cc2)CCC(=O)NC1. The molecule has 2 amide bonds. The molecule has 1 atom stereocenters. The number of benzene rings is 1. The summed E-state index contributed by atoms with van der Waals surface area (Å²) in [6.07, 6.45) is 0.985. The number of nitrogens with one attached hydrogen (secondary N) is 2. The zero-order valence-corrected chi connectivity index (χ0v) is 13.2. The molecule has 0 radical (unpaired) electrons. The molecule has 22 heavy (non-hydrogen) atoms. The molecule has 0 spiro atoms.